The Bertz CT molecular complexity index is 608. The number of carbonyl (C=O) groups is 2. The zero-order chi connectivity index (χ0) is 17.9. The fourth-order valence-corrected chi connectivity index (χ4v) is 2.96. The van der Waals surface area contributed by atoms with Gasteiger partial charge in [0.05, 0.1) is 24.0 Å². The highest BCUT2D eigenvalue weighted by atomic mass is 35.5. The fraction of sp³-hybridized carbons (Fsp3) is 0.556. The lowest BCUT2D eigenvalue weighted by molar-refractivity contribution is -0.126. The van der Waals surface area contributed by atoms with Gasteiger partial charge < -0.3 is 20.9 Å². The molecule has 0 saturated carbocycles. The largest absolute Gasteiger partial charge is 0.373 e. The Hall–Kier alpha value is -1.79. The van der Waals surface area contributed by atoms with Crippen LogP contribution in [0.1, 0.15) is 20.8 Å². The Balaban J connectivity index is 0.00000312. The van der Waals surface area contributed by atoms with Gasteiger partial charge in [0.25, 0.3) is 0 Å². The summed E-state index contributed by atoms with van der Waals surface area (Å²) in [5, 5.41) is 2.67. The van der Waals surface area contributed by atoms with Crippen LogP contribution in [0.25, 0.3) is 0 Å². The fourth-order valence-electron chi connectivity index (χ4n) is 2.96. The Morgan fingerprint density at radius 1 is 1.24 bits per heavy atom. The zero-order valence-electron chi connectivity index (χ0n) is 15.4. The molecule has 0 aromatic heterocycles. The number of anilines is 2. The summed E-state index contributed by atoms with van der Waals surface area (Å²) in [6.45, 7) is 7.36. The molecular weight excluding hydrogens is 340 g/mol. The normalized spacial score (nSPS) is 18.1. The number of carbonyl (C=O) groups excluding carboxylic acids is 2. The van der Waals surface area contributed by atoms with Crippen molar-refractivity contribution >= 4 is 35.6 Å². The number of nitrogens with two attached hydrogens (primary N) is 1. The predicted octanol–water partition coefficient (Wildman–Crippen LogP) is 1.63. The van der Waals surface area contributed by atoms with E-state index in [0.29, 0.717) is 12.5 Å². The number of nitrogens with zero attached hydrogens (tertiary/aromatic N) is 2. The second kappa shape index (κ2) is 9.06. The van der Waals surface area contributed by atoms with E-state index in [9.17, 15) is 9.59 Å². The van der Waals surface area contributed by atoms with Gasteiger partial charge in [-0.05, 0) is 24.0 Å². The van der Waals surface area contributed by atoms with Crippen LogP contribution in [0.3, 0.4) is 0 Å². The van der Waals surface area contributed by atoms with E-state index in [4.69, 9.17) is 5.73 Å². The summed E-state index contributed by atoms with van der Waals surface area (Å²) in [4.78, 5) is 28.6. The summed E-state index contributed by atoms with van der Waals surface area (Å²) in [5.74, 6) is -0.0341. The quantitative estimate of drug-likeness (QED) is 0.846. The lowest BCUT2D eigenvalue weighted by Crippen LogP contribution is -2.48. The predicted molar refractivity (Wildman–Crippen MR) is 104 cm³/mol. The molecular formula is C18H29ClN4O2. The van der Waals surface area contributed by atoms with Gasteiger partial charge in [0.2, 0.25) is 11.8 Å². The van der Waals surface area contributed by atoms with Crippen molar-refractivity contribution in [2.45, 2.75) is 26.8 Å². The molecule has 6 nitrogen and oxygen atoms in total. The summed E-state index contributed by atoms with van der Waals surface area (Å²) < 4.78 is 0. The van der Waals surface area contributed by atoms with Crippen molar-refractivity contribution in [3.05, 3.63) is 24.3 Å². The molecule has 1 aromatic rings. The van der Waals surface area contributed by atoms with Crippen molar-refractivity contribution in [2.24, 2.45) is 17.6 Å². The lowest BCUT2D eigenvalue weighted by atomic mass is 10.1. The van der Waals surface area contributed by atoms with Crippen molar-refractivity contribution in [2.75, 3.05) is 36.5 Å². The second-order valence-electron chi connectivity index (χ2n) is 6.97. The minimum absolute atomic E-state index is 0. The zero-order valence-corrected chi connectivity index (χ0v) is 16.2. The van der Waals surface area contributed by atoms with Gasteiger partial charge in [0, 0.05) is 20.1 Å². The van der Waals surface area contributed by atoms with Gasteiger partial charge in [-0.25, -0.2) is 0 Å². The third kappa shape index (κ3) is 5.09. The van der Waals surface area contributed by atoms with Crippen molar-refractivity contribution in [1.29, 1.82) is 0 Å². The van der Waals surface area contributed by atoms with Gasteiger partial charge in [0.1, 0.15) is 0 Å². The molecule has 2 atom stereocenters. The topological polar surface area (TPSA) is 78.7 Å². The Morgan fingerprint density at radius 3 is 2.44 bits per heavy atom. The Morgan fingerprint density at radius 2 is 1.84 bits per heavy atom. The summed E-state index contributed by atoms with van der Waals surface area (Å²) >= 11 is 0. The minimum atomic E-state index is -0.598. The maximum Gasteiger partial charge on any atom is 0.246 e. The molecule has 0 saturated heterocycles. The molecule has 1 aromatic carbocycles. The van der Waals surface area contributed by atoms with Crippen molar-refractivity contribution < 1.29 is 9.59 Å². The average Bonchev–Trinajstić information content (AvgIpc) is 2.68. The first-order valence-corrected chi connectivity index (χ1v) is 8.45. The highest BCUT2D eigenvalue weighted by molar-refractivity contribution is 6.00. The minimum Gasteiger partial charge on any atom is -0.373 e. The molecule has 0 bridgehead atoms. The molecule has 2 amide bonds. The summed E-state index contributed by atoms with van der Waals surface area (Å²) in [5.41, 5.74) is 7.74. The van der Waals surface area contributed by atoms with Gasteiger partial charge >= 0.3 is 0 Å². The molecule has 1 unspecified atom stereocenters. The molecule has 0 spiro atoms. The molecule has 25 heavy (non-hydrogen) atoms. The highest BCUT2D eigenvalue weighted by Gasteiger charge is 2.27. The van der Waals surface area contributed by atoms with Crippen LogP contribution in [0.15, 0.2) is 24.3 Å². The van der Waals surface area contributed by atoms with Crippen molar-refractivity contribution in [1.82, 2.24) is 5.32 Å². The van der Waals surface area contributed by atoms with Gasteiger partial charge in [-0.3, -0.25) is 9.59 Å². The van der Waals surface area contributed by atoms with Crippen LogP contribution < -0.4 is 20.9 Å². The molecule has 1 heterocycles. The van der Waals surface area contributed by atoms with E-state index in [1.54, 1.807) is 4.90 Å². The maximum atomic E-state index is 12.7. The SMILES string of the molecule is CC1CN(C)c2ccccc2N(C(=O)CNC(=O)[C@@H](N)C(C)C)C1.Cl. The number of halogens is 1. The average molecular weight is 369 g/mol. The number of nitrogens with one attached hydrogen (secondary N) is 1. The maximum absolute atomic E-state index is 12.7. The molecule has 1 aliphatic rings. The van der Waals surface area contributed by atoms with Crippen molar-refractivity contribution in [3.8, 4) is 0 Å². The monoisotopic (exact) mass is 368 g/mol. The molecule has 1 aliphatic heterocycles. The first-order valence-electron chi connectivity index (χ1n) is 8.45. The number of para-hydroxylation sites is 2. The van der Waals surface area contributed by atoms with Crippen LogP contribution in [0, 0.1) is 11.8 Å². The van der Waals surface area contributed by atoms with Crippen LogP contribution in [-0.2, 0) is 9.59 Å². The molecule has 7 heteroatoms. The van der Waals surface area contributed by atoms with E-state index >= 15 is 0 Å². The third-order valence-electron chi connectivity index (χ3n) is 4.40. The van der Waals surface area contributed by atoms with Crippen LogP contribution in [0.5, 0.6) is 0 Å². The standard InChI is InChI=1S/C18H28N4O2.ClH/c1-12(2)17(19)18(24)20-9-16(23)22-11-13(3)10-21(4)14-7-5-6-8-15(14)22;/h5-8,12-13,17H,9-11,19H2,1-4H3,(H,20,24);1H/t13?,17-;/m0./s1. The lowest BCUT2D eigenvalue weighted by Gasteiger charge is -2.25. The van der Waals surface area contributed by atoms with E-state index in [2.05, 4.69) is 17.1 Å². The number of fused-ring (bicyclic) bond motifs is 1. The first kappa shape index (κ1) is 21.3. The smallest absolute Gasteiger partial charge is 0.246 e. The third-order valence-corrected chi connectivity index (χ3v) is 4.40. The van der Waals surface area contributed by atoms with Crippen molar-refractivity contribution in [3.63, 3.8) is 0 Å². The van der Waals surface area contributed by atoms with E-state index in [1.165, 1.54) is 0 Å². The second-order valence-corrected chi connectivity index (χ2v) is 6.97. The van der Waals surface area contributed by atoms with Gasteiger partial charge in [-0.15, -0.1) is 12.4 Å². The van der Waals surface area contributed by atoms with E-state index < -0.39 is 6.04 Å². The number of hydrogen-bond acceptors (Lipinski definition) is 4. The van der Waals surface area contributed by atoms with Crippen LogP contribution in [0.2, 0.25) is 0 Å². The number of hydrogen-bond donors (Lipinski definition) is 2. The van der Waals surface area contributed by atoms with Crippen LogP contribution in [-0.4, -0.2) is 44.5 Å². The van der Waals surface area contributed by atoms with Gasteiger partial charge in [-0.1, -0.05) is 32.9 Å². The first-order chi connectivity index (χ1) is 11.3. The number of rotatable bonds is 4. The molecule has 3 N–H and O–H groups in total. The summed E-state index contributed by atoms with van der Waals surface area (Å²) in [6, 6.07) is 7.26. The van der Waals surface area contributed by atoms with E-state index in [-0.39, 0.29) is 36.7 Å². The van der Waals surface area contributed by atoms with E-state index in [0.717, 1.165) is 17.9 Å². The molecule has 2 rings (SSSR count). The Kier molecular flexibility index (Phi) is 7.70. The number of amides is 2. The molecule has 0 aliphatic carbocycles. The molecule has 0 fully saturated rings. The van der Waals surface area contributed by atoms with Crippen LogP contribution >= 0.6 is 12.4 Å². The van der Waals surface area contributed by atoms with Crippen LogP contribution in [0.4, 0.5) is 11.4 Å². The summed E-state index contributed by atoms with van der Waals surface area (Å²) in [7, 11) is 2.03. The highest BCUT2D eigenvalue weighted by Crippen LogP contribution is 2.32. The molecule has 0 radical (unpaired) electrons. The molecule has 140 valence electrons. The summed E-state index contributed by atoms with van der Waals surface area (Å²) in [6.07, 6.45) is 0. The van der Waals surface area contributed by atoms with Gasteiger partial charge in [-0.2, -0.15) is 0 Å². The Labute approximate surface area is 156 Å². The van der Waals surface area contributed by atoms with Gasteiger partial charge in [0.15, 0.2) is 0 Å². The van der Waals surface area contributed by atoms with E-state index in [1.807, 2.05) is 45.2 Å². The number of benzene rings is 1.